The molecular formula is C9H7O5P-2. The summed E-state index contributed by atoms with van der Waals surface area (Å²) >= 11 is 0. The van der Waals surface area contributed by atoms with Crippen molar-refractivity contribution < 1.29 is 24.3 Å². The van der Waals surface area contributed by atoms with E-state index in [1.165, 1.54) is 24.3 Å². The van der Waals surface area contributed by atoms with Crippen LogP contribution in [0.2, 0.25) is 0 Å². The maximum Gasteiger partial charge on any atom is 0.335 e. The average Bonchev–Trinajstić information content (AvgIpc) is 2.14. The van der Waals surface area contributed by atoms with E-state index in [0.717, 1.165) is 6.08 Å². The highest BCUT2D eigenvalue weighted by molar-refractivity contribution is 7.52. The van der Waals surface area contributed by atoms with Gasteiger partial charge >= 0.3 is 5.97 Å². The molecule has 6 heteroatoms. The monoisotopic (exact) mass is 226 g/mol. The van der Waals surface area contributed by atoms with E-state index in [1.54, 1.807) is 0 Å². The first-order chi connectivity index (χ1) is 6.88. The van der Waals surface area contributed by atoms with Gasteiger partial charge in [0, 0.05) is 0 Å². The van der Waals surface area contributed by atoms with E-state index in [-0.39, 0.29) is 5.56 Å². The lowest BCUT2D eigenvalue weighted by molar-refractivity contribution is -0.308. The van der Waals surface area contributed by atoms with Gasteiger partial charge in [-0.3, -0.25) is 0 Å². The number of hydrogen-bond donors (Lipinski definition) is 1. The van der Waals surface area contributed by atoms with Gasteiger partial charge in [0.1, 0.15) is 0 Å². The molecule has 0 aliphatic carbocycles. The number of carboxylic acids is 1. The first-order valence-electron chi connectivity index (χ1n) is 3.93. The van der Waals surface area contributed by atoms with E-state index < -0.39 is 13.6 Å². The summed E-state index contributed by atoms with van der Waals surface area (Å²) in [6.45, 7) is 0. The maximum absolute atomic E-state index is 10.5. The predicted molar refractivity (Wildman–Crippen MR) is 50.0 cm³/mol. The number of carboxylic acid groups (broad SMARTS) is 1. The highest BCUT2D eigenvalue weighted by atomic mass is 31.2. The Morgan fingerprint density at radius 3 is 2.20 bits per heavy atom. The molecule has 0 bridgehead atoms. The molecule has 80 valence electrons. The molecule has 0 saturated carbocycles. The number of hydrogen-bond acceptors (Lipinski definition) is 4. The molecule has 0 aliphatic heterocycles. The van der Waals surface area contributed by atoms with Gasteiger partial charge < -0.3 is 19.5 Å². The Morgan fingerprint density at radius 1 is 1.27 bits per heavy atom. The zero-order valence-electron chi connectivity index (χ0n) is 7.49. The molecule has 0 saturated heterocycles. The highest BCUT2D eigenvalue weighted by Crippen LogP contribution is 2.26. The molecule has 15 heavy (non-hydrogen) atoms. The molecule has 0 aliphatic rings. The maximum atomic E-state index is 10.5. The molecule has 1 aromatic rings. The van der Waals surface area contributed by atoms with Crippen LogP contribution in [0.3, 0.4) is 0 Å². The van der Waals surface area contributed by atoms with Gasteiger partial charge in [0.05, 0.1) is 5.56 Å². The van der Waals surface area contributed by atoms with Gasteiger partial charge in [-0.1, -0.05) is 24.0 Å². The largest absolute Gasteiger partial charge is 0.808 e. The van der Waals surface area contributed by atoms with Crippen molar-refractivity contribution in [3.05, 3.63) is 41.2 Å². The first kappa shape index (κ1) is 11.7. The van der Waals surface area contributed by atoms with Gasteiger partial charge in [-0.05, 0) is 25.3 Å². The number of rotatable bonds is 3. The lowest BCUT2D eigenvalue weighted by Gasteiger charge is -2.24. The van der Waals surface area contributed by atoms with E-state index in [1.807, 2.05) is 0 Å². The minimum absolute atomic E-state index is 0.0968. The van der Waals surface area contributed by atoms with Crippen molar-refractivity contribution in [1.82, 2.24) is 0 Å². The van der Waals surface area contributed by atoms with Gasteiger partial charge in [-0.25, -0.2) is 4.79 Å². The van der Waals surface area contributed by atoms with Gasteiger partial charge in [0.15, 0.2) is 0 Å². The summed E-state index contributed by atoms with van der Waals surface area (Å²) in [6.07, 6.45) is 1.12. The Hall–Kier alpha value is -1.42. The topological polar surface area (TPSA) is 100 Å². The summed E-state index contributed by atoms with van der Waals surface area (Å²) < 4.78 is 10.3. The van der Waals surface area contributed by atoms with Crippen LogP contribution in [0, 0.1) is 0 Å². The van der Waals surface area contributed by atoms with Gasteiger partial charge in [-0.2, -0.15) is 0 Å². The second-order valence-corrected chi connectivity index (χ2v) is 4.16. The van der Waals surface area contributed by atoms with Crippen molar-refractivity contribution in [3.8, 4) is 0 Å². The predicted octanol–water partition coefficient (Wildman–Crippen LogP) is 0.269. The molecule has 1 rings (SSSR count). The quantitative estimate of drug-likeness (QED) is 0.745. The summed E-state index contributed by atoms with van der Waals surface area (Å²) in [6, 6.07) is 5.47. The van der Waals surface area contributed by atoms with Crippen LogP contribution in [0.5, 0.6) is 0 Å². The summed E-state index contributed by atoms with van der Waals surface area (Å²) in [5.74, 6) is -0.521. The van der Waals surface area contributed by atoms with Crippen molar-refractivity contribution in [3.63, 3.8) is 0 Å². The SMILES string of the molecule is O=C(O)c1ccc(/C=C/P(=O)([O-])[O-])cc1. The normalized spacial score (nSPS) is 11.9. The Labute approximate surface area is 85.8 Å². The van der Waals surface area contributed by atoms with Crippen LogP contribution >= 0.6 is 7.60 Å². The fourth-order valence-electron chi connectivity index (χ4n) is 0.914. The van der Waals surface area contributed by atoms with Crippen LogP contribution in [0.1, 0.15) is 15.9 Å². The molecule has 1 N–H and O–H groups in total. The number of carbonyl (C=O) groups is 1. The van der Waals surface area contributed by atoms with E-state index in [0.29, 0.717) is 11.4 Å². The summed E-state index contributed by atoms with van der Waals surface area (Å²) in [5.41, 5.74) is 0.548. The van der Waals surface area contributed by atoms with Crippen molar-refractivity contribution in [1.29, 1.82) is 0 Å². The molecule has 0 amide bonds. The Bertz CT molecular complexity index is 428. The third-order valence-electron chi connectivity index (χ3n) is 1.61. The molecule has 1 aromatic carbocycles. The molecule has 0 fully saturated rings. The smallest absolute Gasteiger partial charge is 0.335 e. The summed E-state index contributed by atoms with van der Waals surface area (Å²) in [4.78, 5) is 31.0. The fourth-order valence-corrected chi connectivity index (χ4v) is 1.27. The van der Waals surface area contributed by atoms with Crippen LogP contribution in [-0.2, 0) is 4.57 Å². The van der Waals surface area contributed by atoms with Crippen molar-refractivity contribution in [2.75, 3.05) is 0 Å². The minimum atomic E-state index is -4.66. The van der Waals surface area contributed by atoms with Crippen LogP contribution in [0.4, 0.5) is 0 Å². The molecular weight excluding hydrogens is 219 g/mol. The summed E-state index contributed by atoms with van der Waals surface area (Å²) in [7, 11) is -4.66. The molecule has 0 atom stereocenters. The molecule has 5 nitrogen and oxygen atoms in total. The Kier molecular flexibility index (Phi) is 3.42. The number of benzene rings is 1. The van der Waals surface area contributed by atoms with E-state index in [4.69, 9.17) is 5.11 Å². The molecule has 0 spiro atoms. The van der Waals surface area contributed by atoms with Crippen LogP contribution in [0.25, 0.3) is 6.08 Å². The second kappa shape index (κ2) is 4.40. The van der Waals surface area contributed by atoms with Gasteiger partial charge in [0.25, 0.3) is 0 Å². The summed E-state index contributed by atoms with van der Waals surface area (Å²) in [5, 5.41) is 8.57. The lowest BCUT2D eigenvalue weighted by atomic mass is 10.1. The average molecular weight is 226 g/mol. The van der Waals surface area contributed by atoms with Gasteiger partial charge in [0.2, 0.25) is 0 Å². The molecule has 0 heterocycles. The van der Waals surface area contributed by atoms with Crippen molar-refractivity contribution in [2.24, 2.45) is 0 Å². The zero-order valence-corrected chi connectivity index (χ0v) is 8.39. The molecule has 0 unspecified atom stereocenters. The van der Waals surface area contributed by atoms with Crippen LogP contribution in [-0.4, -0.2) is 11.1 Å². The van der Waals surface area contributed by atoms with E-state index >= 15 is 0 Å². The van der Waals surface area contributed by atoms with Crippen molar-refractivity contribution >= 4 is 19.6 Å². The Morgan fingerprint density at radius 2 is 1.80 bits per heavy atom. The molecule has 0 radical (unpaired) electrons. The third-order valence-corrected chi connectivity index (χ3v) is 2.12. The Balaban J connectivity index is 2.86. The van der Waals surface area contributed by atoms with E-state index in [9.17, 15) is 19.1 Å². The number of aromatic carboxylic acids is 1. The standard InChI is InChI=1S/C9H9O5P/c10-9(11)8-3-1-7(2-4-8)5-6-15(12,13)14/h1-6H,(H,10,11)(H2,12,13,14)/p-2/b6-5+. The van der Waals surface area contributed by atoms with Gasteiger partial charge in [-0.15, -0.1) is 0 Å². The van der Waals surface area contributed by atoms with Crippen LogP contribution in [0.15, 0.2) is 30.1 Å². The second-order valence-electron chi connectivity index (χ2n) is 2.78. The van der Waals surface area contributed by atoms with E-state index in [2.05, 4.69) is 0 Å². The highest BCUT2D eigenvalue weighted by Gasteiger charge is 1.99. The zero-order chi connectivity index (χ0) is 11.5. The van der Waals surface area contributed by atoms with Crippen LogP contribution < -0.4 is 9.79 Å². The molecule has 0 aromatic heterocycles. The minimum Gasteiger partial charge on any atom is -0.808 e. The fraction of sp³-hybridized carbons (Fsp3) is 0. The lowest BCUT2D eigenvalue weighted by Crippen LogP contribution is -2.10. The van der Waals surface area contributed by atoms with Crippen molar-refractivity contribution in [2.45, 2.75) is 0 Å². The third kappa shape index (κ3) is 4.08. The first-order valence-corrected chi connectivity index (χ1v) is 5.54.